The second-order valence-corrected chi connectivity index (χ2v) is 6.40. The Labute approximate surface area is 103 Å². The Hall–Kier alpha value is -0.610. The summed E-state index contributed by atoms with van der Waals surface area (Å²) >= 11 is 0. The monoisotopic (exact) mass is 241 g/mol. The van der Waals surface area contributed by atoms with E-state index in [2.05, 4.69) is 5.32 Å². The van der Waals surface area contributed by atoms with Crippen LogP contribution in [0.4, 0.5) is 0 Å². The number of aliphatic hydroxyl groups is 1. The third-order valence-electron chi connectivity index (χ3n) is 4.02. The van der Waals surface area contributed by atoms with Crippen LogP contribution in [0.1, 0.15) is 46.5 Å². The van der Waals surface area contributed by atoms with Crippen LogP contribution in [0.3, 0.4) is 0 Å². The SMILES string of the molecule is CC(C)(C)OC(=O)C1(C2(O)CCNC2)CCC1. The second kappa shape index (κ2) is 3.95. The molecule has 0 bridgehead atoms. The number of rotatable bonds is 2. The summed E-state index contributed by atoms with van der Waals surface area (Å²) in [5, 5.41) is 13.8. The standard InChI is InChI=1S/C13H23NO3/c1-11(2,3)17-10(15)12(5-4-6-12)13(16)7-8-14-9-13/h14,16H,4-9H2,1-3H3. The molecule has 2 rings (SSSR count). The van der Waals surface area contributed by atoms with E-state index in [0.29, 0.717) is 13.0 Å². The number of nitrogens with one attached hydrogen (secondary N) is 1. The third kappa shape index (κ3) is 2.08. The van der Waals surface area contributed by atoms with E-state index < -0.39 is 16.6 Å². The molecule has 2 N–H and O–H groups in total. The first-order valence-corrected chi connectivity index (χ1v) is 6.46. The first-order chi connectivity index (χ1) is 7.79. The largest absolute Gasteiger partial charge is 0.459 e. The molecular formula is C13H23NO3. The molecule has 1 unspecified atom stereocenters. The molecule has 0 aromatic carbocycles. The van der Waals surface area contributed by atoms with Gasteiger partial charge in [0.15, 0.2) is 0 Å². The minimum Gasteiger partial charge on any atom is -0.459 e. The first kappa shape index (κ1) is 12.8. The van der Waals surface area contributed by atoms with Gasteiger partial charge in [-0.25, -0.2) is 0 Å². The molecule has 1 heterocycles. The molecule has 1 aliphatic carbocycles. The molecule has 1 saturated carbocycles. The lowest BCUT2D eigenvalue weighted by atomic mass is 9.58. The number of β-amino-alcohol motifs (C(OH)–C–C–N with tert-alkyl or cyclic N) is 1. The van der Waals surface area contributed by atoms with Gasteiger partial charge in [-0.3, -0.25) is 4.79 Å². The fourth-order valence-electron chi connectivity index (χ4n) is 2.85. The van der Waals surface area contributed by atoms with E-state index in [1.807, 2.05) is 20.8 Å². The van der Waals surface area contributed by atoms with E-state index in [9.17, 15) is 9.90 Å². The van der Waals surface area contributed by atoms with Gasteiger partial charge in [0.1, 0.15) is 5.60 Å². The number of esters is 1. The molecule has 0 amide bonds. The molecule has 1 aliphatic heterocycles. The van der Waals surface area contributed by atoms with Crippen molar-refractivity contribution in [3.05, 3.63) is 0 Å². The normalized spacial score (nSPS) is 32.0. The summed E-state index contributed by atoms with van der Waals surface area (Å²) in [6, 6.07) is 0. The molecule has 1 atom stereocenters. The first-order valence-electron chi connectivity index (χ1n) is 6.46. The van der Waals surface area contributed by atoms with Crippen LogP contribution in [0, 0.1) is 5.41 Å². The van der Waals surface area contributed by atoms with Gasteiger partial charge in [0.25, 0.3) is 0 Å². The van der Waals surface area contributed by atoms with Crippen LogP contribution < -0.4 is 5.32 Å². The van der Waals surface area contributed by atoms with Crippen LogP contribution in [-0.4, -0.2) is 35.4 Å². The predicted molar refractivity (Wildman–Crippen MR) is 64.6 cm³/mol. The lowest BCUT2D eigenvalue weighted by Gasteiger charge is -2.49. The van der Waals surface area contributed by atoms with Crippen molar-refractivity contribution in [1.82, 2.24) is 5.32 Å². The molecule has 0 spiro atoms. The molecule has 4 nitrogen and oxygen atoms in total. The topological polar surface area (TPSA) is 58.6 Å². The van der Waals surface area contributed by atoms with E-state index in [4.69, 9.17) is 4.74 Å². The van der Waals surface area contributed by atoms with E-state index in [1.54, 1.807) is 0 Å². The molecular weight excluding hydrogens is 218 g/mol. The van der Waals surface area contributed by atoms with Crippen LogP contribution in [0.25, 0.3) is 0 Å². The fraction of sp³-hybridized carbons (Fsp3) is 0.923. The van der Waals surface area contributed by atoms with Crippen molar-refractivity contribution in [2.24, 2.45) is 5.41 Å². The van der Waals surface area contributed by atoms with E-state index in [0.717, 1.165) is 25.8 Å². The summed E-state index contributed by atoms with van der Waals surface area (Å²) in [7, 11) is 0. The van der Waals surface area contributed by atoms with Crippen molar-refractivity contribution in [2.75, 3.05) is 13.1 Å². The van der Waals surface area contributed by atoms with Crippen molar-refractivity contribution in [3.8, 4) is 0 Å². The molecule has 98 valence electrons. The number of ether oxygens (including phenoxy) is 1. The van der Waals surface area contributed by atoms with Gasteiger partial charge in [0.2, 0.25) is 0 Å². The molecule has 0 aromatic rings. The summed E-state index contributed by atoms with van der Waals surface area (Å²) in [5.41, 5.74) is -2.06. The Morgan fingerprint density at radius 2 is 1.94 bits per heavy atom. The van der Waals surface area contributed by atoms with Gasteiger partial charge >= 0.3 is 5.97 Å². The van der Waals surface area contributed by atoms with Crippen molar-refractivity contribution >= 4 is 5.97 Å². The molecule has 4 heteroatoms. The Morgan fingerprint density at radius 1 is 1.29 bits per heavy atom. The van der Waals surface area contributed by atoms with Crippen LogP contribution in [0.5, 0.6) is 0 Å². The average molecular weight is 241 g/mol. The van der Waals surface area contributed by atoms with Crippen molar-refractivity contribution in [3.63, 3.8) is 0 Å². The third-order valence-corrected chi connectivity index (χ3v) is 4.02. The van der Waals surface area contributed by atoms with Crippen LogP contribution >= 0.6 is 0 Å². The maximum Gasteiger partial charge on any atom is 0.315 e. The number of hydrogen-bond acceptors (Lipinski definition) is 4. The summed E-state index contributed by atoms with van der Waals surface area (Å²) in [6.45, 7) is 6.89. The summed E-state index contributed by atoms with van der Waals surface area (Å²) in [5.74, 6) is -0.220. The van der Waals surface area contributed by atoms with Crippen LogP contribution in [-0.2, 0) is 9.53 Å². The van der Waals surface area contributed by atoms with Gasteiger partial charge in [0, 0.05) is 6.54 Å². The average Bonchev–Trinajstić information content (AvgIpc) is 2.46. The highest BCUT2D eigenvalue weighted by Crippen LogP contribution is 2.52. The lowest BCUT2D eigenvalue weighted by Crippen LogP contribution is -2.59. The van der Waals surface area contributed by atoms with Crippen molar-refractivity contribution < 1.29 is 14.6 Å². The number of carbonyl (C=O) groups is 1. The molecule has 2 fully saturated rings. The summed E-state index contributed by atoms with van der Waals surface area (Å²) in [4.78, 5) is 12.3. The molecule has 2 aliphatic rings. The highest BCUT2D eigenvalue weighted by atomic mass is 16.6. The maximum absolute atomic E-state index is 12.3. The van der Waals surface area contributed by atoms with Crippen molar-refractivity contribution in [2.45, 2.75) is 57.7 Å². The van der Waals surface area contributed by atoms with Crippen LogP contribution in [0.2, 0.25) is 0 Å². The van der Waals surface area contributed by atoms with E-state index in [-0.39, 0.29) is 5.97 Å². The zero-order chi connectivity index (χ0) is 12.7. The highest BCUT2D eigenvalue weighted by molar-refractivity contribution is 5.80. The molecule has 0 aromatic heterocycles. The van der Waals surface area contributed by atoms with Gasteiger partial charge in [-0.15, -0.1) is 0 Å². The molecule has 17 heavy (non-hydrogen) atoms. The fourth-order valence-corrected chi connectivity index (χ4v) is 2.85. The smallest absolute Gasteiger partial charge is 0.315 e. The molecule has 1 saturated heterocycles. The second-order valence-electron chi connectivity index (χ2n) is 6.40. The Bertz CT molecular complexity index is 309. The zero-order valence-corrected chi connectivity index (χ0v) is 11.0. The zero-order valence-electron chi connectivity index (χ0n) is 11.0. The molecule has 0 radical (unpaired) electrons. The Kier molecular flexibility index (Phi) is 2.99. The van der Waals surface area contributed by atoms with Gasteiger partial charge < -0.3 is 15.2 Å². The summed E-state index contributed by atoms with van der Waals surface area (Å²) < 4.78 is 5.50. The number of carbonyl (C=O) groups excluding carboxylic acids is 1. The van der Waals surface area contributed by atoms with E-state index in [1.165, 1.54) is 0 Å². The van der Waals surface area contributed by atoms with Gasteiger partial charge in [-0.2, -0.15) is 0 Å². The Balaban J connectivity index is 2.17. The van der Waals surface area contributed by atoms with Crippen LogP contribution in [0.15, 0.2) is 0 Å². The minimum absolute atomic E-state index is 0.220. The van der Waals surface area contributed by atoms with E-state index >= 15 is 0 Å². The van der Waals surface area contributed by atoms with Gasteiger partial charge in [0.05, 0.1) is 11.0 Å². The van der Waals surface area contributed by atoms with Gasteiger partial charge in [-0.1, -0.05) is 6.42 Å². The minimum atomic E-state index is -0.909. The van der Waals surface area contributed by atoms with Gasteiger partial charge in [-0.05, 0) is 46.6 Å². The maximum atomic E-state index is 12.3. The predicted octanol–water partition coefficient (Wildman–Crippen LogP) is 1.22. The Morgan fingerprint density at radius 3 is 2.29 bits per heavy atom. The van der Waals surface area contributed by atoms with Crippen molar-refractivity contribution in [1.29, 1.82) is 0 Å². The highest BCUT2D eigenvalue weighted by Gasteiger charge is 2.61. The summed E-state index contributed by atoms with van der Waals surface area (Å²) in [6.07, 6.45) is 3.15. The quantitative estimate of drug-likeness (QED) is 0.714. The number of hydrogen-bond donors (Lipinski definition) is 2. The lowest BCUT2D eigenvalue weighted by molar-refractivity contribution is -0.197.